The van der Waals surface area contributed by atoms with Crippen molar-refractivity contribution < 1.29 is 9.32 Å². The minimum Gasteiger partial charge on any atom is -0.361 e. The van der Waals surface area contributed by atoms with Crippen LogP contribution in [0.5, 0.6) is 0 Å². The number of rotatable bonds is 4. The molecule has 0 bridgehead atoms. The Hall–Kier alpha value is -2.44. The smallest absolute Gasteiger partial charge is 0.347 e. The number of aryl methyl sites for hydroxylation is 3. The van der Waals surface area contributed by atoms with Crippen LogP contribution < -0.4 is 11.0 Å². The van der Waals surface area contributed by atoms with Gasteiger partial charge in [-0.05, 0) is 26.7 Å². The van der Waals surface area contributed by atoms with Crippen LogP contribution in [0.3, 0.4) is 0 Å². The molecule has 0 saturated heterocycles. The van der Waals surface area contributed by atoms with E-state index in [1.807, 2.05) is 20.8 Å². The Morgan fingerprint density at radius 2 is 2.14 bits per heavy atom. The average Bonchev–Trinajstić information content (AvgIpc) is 2.67. The summed E-state index contributed by atoms with van der Waals surface area (Å²) in [5.74, 6) is 0.740. The maximum Gasteiger partial charge on any atom is 0.347 e. The lowest BCUT2D eigenvalue weighted by Gasteiger charge is -2.11. The third-order valence-corrected chi connectivity index (χ3v) is 3.22. The molecule has 0 spiro atoms. The molecule has 2 N–H and O–H groups in total. The van der Waals surface area contributed by atoms with Crippen LogP contribution in [0.15, 0.2) is 15.4 Å². The van der Waals surface area contributed by atoms with Crippen molar-refractivity contribution in [2.24, 2.45) is 0 Å². The van der Waals surface area contributed by atoms with Crippen LogP contribution in [-0.2, 0) is 4.79 Å². The van der Waals surface area contributed by atoms with Gasteiger partial charge in [0.15, 0.2) is 0 Å². The maximum atomic E-state index is 12.0. The van der Waals surface area contributed by atoms with E-state index in [1.54, 1.807) is 13.0 Å². The van der Waals surface area contributed by atoms with E-state index < -0.39 is 5.69 Å². The Kier molecular flexibility index (Phi) is 4.21. The number of carbonyl (C=O) groups is 1. The Balaban J connectivity index is 2.06. The van der Waals surface area contributed by atoms with Crippen molar-refractivity contribution in [1.29, 1.82) is 0 Å². The summed E-state index contributed by atoms with van der Waals surface area (Å²) in [6.45, 7) is 7.33. The Morgan fingerprint density at radius 3 is 2.71 bits per heavy atom. The number of hydrogen-bond acceptors (Lipinski definition) is 5. The van der Waals surface area contributed by atoms with Crippen molar-refractivity contribution in [2.45, 2.75) is 40.0 Å². The van der Waals surface area contributed by atoms with E-state index in [2.05, 4.69) is 20.4 Å². The first-order valence-electron chi connectivity index (χ1n) is 6.67. The molecule has 0 aliphatic heterocycles. The van der Waals surface area contributed by atoms with Crippen LogP contribution in [0.4, 0.5) is 5.82 Å². The summed E-state index contributed by atoms with van der Waals surface area (Å²) in [4.78, 5) is 29.5. The molecule has 2 heterocycles. The Morgan fingerprint density at radius 1 is 1.43 bits per heavy atom. The number of amides is 1. The summed E-state index contributed by atoms with van der Waals surface area (Å²) in [6.07, 6.45) is 0.260. The number of hydrogen-bond donors (Lipinski definition) is 2. The van der Waals surface area contributed by atoms with Crippen LogP contribution >= 0.6 is 0 Å². The van der Waals surface area contributed by atoms with E-state index in [9.17, 15) is 9.59 Å². The van der Waals surface area contributed by atoms with Crippen LogP contribution in [0, 0.1) is 20.8 Å². The highest BCUT2D eigenvalue weighted by Gasteiger charge is 2.19. The van der Waals surface area contributed by atoms with Gasteiger partial charge in [-0.25, -0.2) is 4.79 Å². The van der Waals surface area contributed by atoms with Gasteiger partial charge in [0.25, 0.3) is 0 Å². The molecule has 0 saturated carbocycles. The predicted octanol–water partition coefficient (Wildman–Crippen LogP) is 1.82. The zero-order chi connectivity index (χ0) is 15.6. The van der Waals surface area contributed by atoms with Crippen molar-refractivity contribution in [1.82, 2.24) is 15.1 Å². The molecule has 0 aliphatic rings. The fourth-order valence-corrected chi connectivity index (χ4v) is 2.41. The molecule has 0 unspecified atom stereocenters. The molecule has 0 aromatic carbocycles. The van der Waals surface area contributed by atoms with Gasteiger partial charge in [0.05, 0.1) is 5.69 Å². The highest BCUT2D eigenvalue weighted by molar-refractivity contribution is 5.90. The second kappa shape index (κ2) is 5.90. The number of aromatic amines is 1. The second-order valence-electron chi connectivity index (χ2n) is 5.15. The third kappa shape index (κ3) is 3.56. The molecule has 112 valence electrons. The van der Waals surface area contributed by atoms with Gasteiger partial charge in [-0.15, -0.1) is 0 Å². The molecule has 2 rings (SSSR count). The lowest BCUT2D eigenvalue weighted by Crippen LogP contribution is -2.20. The summed E-state index contributed by atoms with van der Waals surface area (Å²) in [5, 5.41) is 6.52. The molecule has 0 fully saturated rings. The minimum absolute atomic E-state index is 0.0284. The first-order valence-corrected chi connectivity index (χ1v) is 6.67. The summed E-state index contributed by atoms with van der Waals surface area (Å²) < 4.78 is 5.11. The van der Waals surface area contributed by atoms with Crippen molar-refractivity contribution in [3.8, 4) is 0 Å². The number of anilines is 1. The number of nitrogens with zero attached hydrogens (tertiary/aromatic N) is 2. The Labute approximate surface area is 121 Å². The van der Waals surface area contributed by atoms with Gasteiger partial charge in [0, 0.05) is 23.7 Å². The van der Waals surface area contributed by atoms with Crippen LogP contribution in [0.25, 0.3) is 0 Å². The average molecular weight is 290 g/mol. The van der Waals surface area contributed by atoms with E-state index in [0.717, 1.165) is 17.0 Å². The van der Waals surface area contributed by atoms with Gasteiger partial charge in [-0.2, -0.15) is 4.98 Å². The summed E-state index contributed by atoms with van der Waals surface area (Å²) >= 11 is 0. The van der Waals surface area contributed by atoms with Gasteiger partial charge < -0.3 is 14.8 Å². The van der Waals surface area contributed by atoms with E-state index in [1.165, 1.54) is 0 Å². The van der Waals surface area contributed by atoms with Crippen LogP contribution in [-0.4, -0.2) is 21.0 Å². The number of carbonyl (C=O) groups excluding carboxylic acids is 1. The first-order chi connectivity index (χ1) is 9.86. The molecule has 21 heavy (non-hydrogen) atoms. The molecular formula is C14H18N4O3. The molecule has 0 aliphatic carbocycles. The molecule has 2 aromatic rings. The normalized spacial score (nSPS) is 12.2. The van der Waals surface area contributed by atoms with E-state index in [0.29, 0.717) is 5.69 Å². The molecule has 1 atom stereocenters. The van der Waals surface area contributed by atoms with Crippen molar-refractivity contribution in [3.05, 3.63) is 39.3 Å². The van der Waals surface area contributed by atoms with Crippen LogP contribution in [0.2, 0.25) is 0 Å². The standard InChI is InChI=1S/C14H18N4O3/c1-7(13-9(3)18-21-10(13)4)5-12(19)16-11-6-8(2)15-14(20)17-11/h6-7H,5H2,1-4H3,(H2,15,16,17,19,20)/t7-/m0/s1. The van der Waals surface area contributed by atoms with Gasteiger partial charge in [-0.1, -0.05) is 12.1 Å². The van der Waals surface area contributed by atoms with Crippen molar-refractivity contribution >= 4 is 11.7 Å². The van der Waals surface area contributed by atoms with Gasteiger partial charge >= 0.3 is 5.69 Å². The monoisotopic (exact) mass is 290 g/mol. The Bertz CT molecular complexity index is 698. The molecule has 7 nitrogen and oxygen atoms in total. The SMILES string of the molecule is Cc1cc(NC(=O)C[C@H](C)c2c(C)noc2C)nc(=O)[nH]1. The van der Waals surface area contributed by atoms with Crippen molar-refractivity contribution in [3.63, 3.8) is 0 Å². The molecule has 2 aromatic heterocycles. The fraction of sp³-hybridized carbons (Fsp3) is 0.429. The topological polar surface area (TPSA) is 101 Å². The summed E-state index contributed by atoms with van der Waals surface area (Å²) in [7, 11) is 0. The zero-order valence-corrected chi connectivity index (χ0v) is 12.5. The molecular weight excluding hydrogens is 272 g/mol. The second-order valence-corrected chi connectivity index (χ2v) is 5.15. The highest BCUT2D eigenvalue weighted by Crippen LogP contribution is 2.25. The molecule has 7 heteroatoms. The highest BCUT2D eigenvalue weighted by atomic mass is 16.5. The number of nitrogens with one attached hydrogen (secondary N) is 2. The summed E-state index contributed by atoms with van der Waals surface area (Å²) in [5.41, 5.74) is 1.89. The maximum absolute atomic E-state index is 12.0. The summed E-state index contributed by atoms with van der Waals surface area (Å²) in [6, 6.07) is 1.61. The van der Waals surface area contributed by atoms with E-state index >= 15 is 0 Å². The van der Waals surface area contributed by atoms with Gasteiger partial charge in [-0.3, -0.25) is 4.79 Å². The zero-order valence-electron chi connectivity index (χ0n) is 12.5. The van der Waals surface area contributed by atoms with Crippen LogP contribution in [0.1, 0.15) is 42.0 Å². The van der Waals surface area contributed by atoms with E-state index in [-0.39, 0.29) is 24.1 Å². The lowest BCUT2D eigenvalue weighted by atomic mass is 9.96. The van der Waals surface area contributed by atoms with E-state index in [4.69, 9.17) is 4.52 Å². The van der Waals surface area contributed by atoms with Gasteiger partial charge in [0.1, 0.15) is 11.6 Å². The van der Waals surface area contributed by atoms with Crippen molar-refractivity contribution in [2.75, 3.05) is 5.32 Å². The number of aromatic nitrogens is 3. The molecule has 0 radical (unpaired) electrons. The van der Waals surface area contributed by atoms with Gasteiger partial charge in [0.2, 0.25) is 5.91 Å². The predicted molar refractivity (Wildman–Crippen MR) is 77.2 cm³/mol. The fourth-order valence-electron chi connectivity index (χ4n) is 2.41. The first kappa shape index (κ1) is 15.0. The largest absolute Gasteiger partial charge is 0.361 e. The lowest BCUT2D eigenvalue weighted by molar-refractivity contribution is -0.116. The minimum atomic E-state index is -0.482. The molecule has 1 amide bonds. The third-order valence-electron chi connectivity index (χ3n) is 3.22. The number of H-pyrrole nitrogens is 1. The quantitative estimate of drug-likeness (QED) is 0.894.